The van der Waals surface area contributed by atoms with Gasteiger partial charge in [-0.1, -0.05) is 6.07 Å². The van der Waals surface area contributed by atoms with Crippen LogP contribution in [0.1, 0.15) is 41.5 Å². The van der Waals surface area contributed by atoms with Gasteiger partial charge in [0.05, 0.1) is 11.8 Å². The van der Waals surface area contributed by atoms with E-state index in [-0.39, 0.29) is 12.4 Å². The van der Waals surface area contributed by atoms with Crippen LogP contribution in [0, 0.1) is 5.82 Å². The summed E-state index contributed by atoms with van der Waals surface area (Å²) < 4.78 is 37.3. The molecule has 0 saturated heterocycles. The lowest BCUT2D eigenvalue weighted by Crippen LogP contribution is -2.49. The summed E-state index contributed by atoms with van der Waals surface area (Å²) in [5.74, 6) is -0.893. The molecule has 0 amide bonds. The number of benzene rings is 1. The molecule has 0 radical (unpaired) electrons. The first-order valence-corrected chi connectivity index (χ1v) is 9.06. The molecule has 23 heavy (non-hydrogen) atoms. The molecule has 1 atom stereocenters. The molecular weight excluding hydrogens is 320 g/mol. The number of nitrogens with one attached hydrogen (secondary N) is 1. The average molecular weight is 345 g/mol. The summed E-state index contributed by atoms with van der Waals surface area (Å²) in [7, 11) is -3.56. The van der Waals surface area contributed by atoms with E-state index in [2.05, 4.69) is 5.09 Å². The molecule has 0 unspecified atom stereocenters. The molecule has 1 rings (SSSR count). The third kappa shape index (κ3) is 5.05. The zero-order valence-corrected chi connectivity index (χ0v) is 15.4. The minimum Gasteiger partial charge on any atom is -0.465 e. The molecule has 130 valence electrons. The van der Waals surface area contributed by atoms with Gasteiger partial charge in [-0.25, -0.2) is 9.48 Å². The van der Waals surface area contributed by atoms with Crippen molar-refractivity contribution < 1.29 is 23.0 Å². The summed E-state index contributed by atoms with van der Waals surface area (Å²) in [6.07, 6.45) is 0. The van der Waals surface area contributed by atoms with Crippen LogP contribution in [-0.4, -0.2) is 23.3 Å². The molecular formula is C16H25FNO4P. The molecule has 0 aliphatic rings. The molecule has 0 heterocycles. The van der Waals surface area contributed by atoms with Crippen molar-refractivity contribution in [3.05, 3.63) is 30.1 Å². The van der Waals surface area contributed by atoms with Crippen LogP contribution in [0.4, 0.5) is 4.39 Å². The molecule has 0 fully saturated rings. The van der Waals surface area contributed by atoms with Gasteiger partial charge in [0.2, 0.25) is 0 Å². The van der Waals surface area contributed by atoms with Crippen molar-refractivity contribution in [2.45, 2.75) is 52.2 Å². The topological polar surface area (TPSA) is 64.6 Å². The largest absolute Gasteiger partial charge is 0.465 e. The number of halogens is 1. The summed E-state index contributed by atoms with van der Waals surface area (Å²) in [4.78, 5) is 12.1. The van der Waals surface area contributed by atoms with E-state index in [1.165, 1.54) is 18.2 Å². The minimum absolute atomic E-state index is 0.135. The van der Waals surface area contributed by atoms with Crippen LogP contribution in [0.15, 0.2) is 24.3 Å². The van der Waals surface area contributed by atoms with Crippen molar-refractivity contribution in [3.8, 4) is 5.75 Å². The molecule has 0 saturated carbocycles. The summed E-state index contributed by atoms with van der Waals surface area (Å²) >= 11 is 0. The predicted molar refractivity (Wildman–Crippen MR) is 88.2 cm³/mol. The molecule has 0 aliphatic heterocycles. The molecule has 1 aromatic carbocycles. The lowest BCUT2D eigenvalue weighted by molar-refractivity contribution is -0.149. The van der Waals surface area contributed by atoms with Crippen LogP contribution in [-0.2, 0) is 14.1 Å². The van der Waals surface area contributed by atoms with Crippen molar-refractivity contribution >= 4 is 13.5 Å². The maximum absolute atomic E-state index is 13.4. The standard InChI is InChI=1S/C16H25FNO4P/c1-7-21-14(19)16(5,6)18-23(20,15(2,3)4)22-13-10-8-9-12(17)11-13/h8-11H,7H2,1-6H3,(H,18,20)/t23-/m1/s1. The summed E-state index contributed by atoms with van der Waals surface area (Å²) in [5, 5.41) is 1.98. The van der Waals surface area contributed by atoms with Crippen molar-refractivity contribution in [2.24, 2.45) is 0 Å². The number of hydrogen-bond acceptors (Lipinski definition) is 4. The summed E-state index contributed by atoms with van der Waals surface area (Å²) in [6, 6.07) is 5.40. The second-order valence-electron chi connectivity index (χ2n) is 6.73. The fourth-order valence-electron chi connectivity index (χ4n) is 1.72. The first-order chi connectivity index (χ1) is 10.4. The van der Waals surface area contributed by atoms with Crippen LogP contribution in [0.2, 0.25) is 0 Å². The summed E-state index contributed by atoms with van der Waals surface area (Å²) in [5.41, 5.74) is -1.22. The number of esters is 1. The summed E-state index contributed by atoms with van der Waals surface area (Å²) in [6.45, 7) is 10.2. The maximum atomic E-state index is 13.4. The van der Waals surface area contributed by atoms with E-state index in [0.29, 0.717) is 0 Å². The Labute approximate surface area is 137 Å². The normalized spacial score (nSPS) is 14.9. The predicted octanol–water partition coefficient (Wildman–Crippen LogP) is 4.13. The second-order valence-corrected chi connectivity index (χ2v) is 9.58. The second kappa shape index (κ2) is 7.02. The van der Waals surface area contributed by atoms with Gasteiger partial charge in [-0.15, -0.1) is 0 Å². The highest BCUT2D eigenvalue weighted by atomic mass is 31.2. The SMILES string of the molecule is CCOC(=O)C(C)(C)N[P@](=O)(Oc1cccc(F)c1)C(C)(C)C. The Kier molecular flexibility index (Phi) is 6.00. The van der Waals surface area contributed by atoms with Gasteiger partial charge in [0.1, 0.15) is 17.1 Å². The Bertz CT molecular complexity index is 610. The number of carbonyl (C=O) groups is 1. The highest BCUT2D eigenvalue weighted by Crippen LogP contribution is 2.56. The van der Waals surface area contributed by atoms with Gasteiger partial charge in [0.25, 0.3) is 0 Å². The third-order valence-electron chi connectivity index (χ3n) is 3.13. The van der Waals surface area contributed by atoms with Gasteiger partial charge in [0.15, 0.2) is 0 Å². The van der Waals surface area contributed by atoms with Gasteiger partial charge in [-0.05, 0) is 53.7 Å². The minimum atomic E-state index is -3.56. The number of ether oxygens (including phenoxy) is 1. The first kappa shape index (κ1) is 19.7. The monoisotopic (exact) mass is 345 g/mol. The van der Waals surface area contributed by atoms with Crippen LogP contribution >= 0.6 is 7.52 Å². The molecule has 0 aromatic heterocycles. The maximum Gasteiger partial charge on any atom is 0.326 e. The smallest absolute Gasteiger partial charge is 0.326 e. The van der Waals surface area contributed by atoms with Gasteiger partial charge >= 0.3 is 13.5 Å². The van der Waals surface area contributed by atoms with E-state index >= 15 is 0 Å². The van der Waals surface area contributed by atoms with E-state index in [4.69, 9.17) is 9.26 Å². The number of rotatable bonds is 6. The molecule has 0 bridgehead atoms. The van der Waals surface area contributed by atoms with Gasteiger partial charge < -0.3 is 9.26 Å². The lowest BCUT2D eigenvalue weighted by atomic mass is 10.1. The molecule has 1 aromatic rings. The Balaban J connectivity index is 3.14. The van der Waals surface area contributed by atoms with E-state index in [9.17, 15) is 13.8 Å². The van der Waals surface area contributed by atoms with Gasteiger partial charge in [-0.3, -0.25) is 9.36 Å². The molecule has 5 nitrogen and oxygen atoms in total. The number of carbonyl (C=O) groups excluding carboxylic acids is 1. The third-order valence-corrected chi connectivity index (χ3v) is 6.21. The van der Waals surface area contributed by atoms with E-state index < -0.39 is 30.0 Å². The van der Waals surface area contributed by atoms with Crippen LogP contribution in [0.5, 0.6) is 5.75 Å². The first-order valence-electron chi connectivity index (χ1n) is 7.43. The van der Waals surface area contributed by atoms with Crippen molar-refractivity contribution in [1.82, 2.24) is 5.09 Å². The van der Waals surface area contributed by atoms with Crippen molar-refractivity contribution in [3.63, 3.8) is 0 Å². The highest BCUT2D eigenvalue weighted by Gasteiger charge is 2.46. The number of hydrogen-bond donors (Lipinski definition) is 1. The molecule has 7 heteroatoms. The van der Waals surface area contributed by atoms with Gasteiger partial charge in [0, 0.05) is 6.07 Å². The lowest BCUT2D eigenvalue weighted by Gasteiger charge is -2.36. The van der Waals surface area contributed by atoms with Crippen LogP contribution in [0.3, 0.4) is 0 Å². The fraction of sp³-hybridized carbons (Fsp3) is 0.562. The zero-order valence-electron chi connectivity index (χ0n) is 14.5. The van der Waals surface area contributed by atoms with Crippen molar-refractivity contribution in [1.29, 1.82) is 0 Å². The van der Waals surface area contributed by atoms with Crippen LogP contribution < -0.4 is 9.61 Å². The van der Waals surface area contributed by atoms with Crippen LogP contribution in [0.25, 0.3) is 0 Å². The van der Waals surface area contributed by atoms with Gasteiger partial charge in [-0.2, -0.15) is 0 Å². The highest BCUT2D eigenvalue weighted by molar-refractivity contribution is 7.59. The Morgan fingerprint density at radius 2 is 1.87 bits per heavy atom. The van der Waals surface area contributed by atoms with E-state index in [0.717, 1.165) is 6.07 Å². The molecule has 0 aliphatic carbocycles. The van der Waals surface area contributed by atoms with E-state index in [1.807, 2.05) is 0 Å². The average Bonchev–Trinajstić information content (AvgIpc) is 2.36. The quantitative estimate of drug-likeness (QED) is 0.620. The Morgan fingerprint density at radius 3 is 2.35 bits per heavy atom. The Hall–Kier alpha value is -1.39. The molecule has 1 N–H and O–H groups in total. The fourth-order valence-corrected chi connectivity index (χ4v) is 3.62. The Morgan fingerprint density at radius 1 is 1.26 bits per heavy atom. The van der Waals surface area contributed by atoms with Crippen molar-refractivity contribution in [2.75, 3.05) is 6.61 Å². The van der Waals surface area contributed by atoms with E-state index in [1.54, 1.807) is 41.5 Å². The zero-order chi connectivity index (χ0) is 17.9. The molecule has 0 spiro atoms.